The monoisotopic (exact) mass is 381 g/mol. The van der Waals surface area contributed by atoms with Crippen LogP contribution >= 0.6 is 0 Å². The Hall–Kier alpha value is -2.89. The van der Waals surface area contributed by atoms with Gasteiger partial charge >= 0.3 is 0 Å². The van der Waals surface area contributed by atoms with E-state index in [1.54, 1.807) is 29.3 Å². The molecule has 1 aromatic heterocycles. The van der Waals surface area contributed by atoms with Gasteiger partial charge in [0.05, 0.1) is 16.7 Å². The first-order chi connectivity index (χ1) is 13.3. The number of benzene rings is 1. The number of aromatic nitrogens is 1. The van der Waals surface area contributed by atoms with Gasteiger partial charge in [-0.15, -0.1) is 0 Å². The van der Waals surface area contributed by atoms with Gasteiger partial charge in [0.25, 0.3) is 5.91 Å². The molecule has 3 rings (SSSR count). The predicted molar refractivity (Wildman–Crippen MR) is 110 cm³/mol. The molecule has 1 aliphatic rings. The zero-order chi connectivity index (χ0) is 20.3. The molecule has 0 radical (unpaired) electrons. The number of fused-ring (bicyclic) bond motifs is 1. The number of hydrogen-bond donors (Lipinski definition) is 1. The number of hydrogen-bond acceptors (Lipinski definition) is 4. The Morgan fingerprint density at radius 2 is 2.11 bits per heavy atom. The van der Waals surface area contributed by atoms with Crippen LogP contribution in [0.5, 0.6) is 5.75 Å². The summed E-state index contributed by atoms with van der Waals surface area (Å²) >= 11 is 0. The molecule has 0 unspecified atom stereocenters. The minimum absolute atomic E-state index is 0.0302. The molecule has 6 nitrogen and oxygen atoms in total. The fourth-order valence-corrected chi connectivity index (χ4v) is 3.03. The molecule has 1 N–H and O–H groups in total. The van der Waals surface area contributed by atoms with Crippen molar-refractivity contribution in [2.75, 3.05) is 23.4 Å². The van der Waals surface area contributed by atoms with Crippen LogP contribution in [0.25, 0.3) is 0 Å². The molecule has 2 heterocycles. The first-order valence-corrected chi connectivity index (χ1v) is 9.58. The highest BCUT2D eigenvalue weighted by molar-refractivity contribution is 6.05. The van der Waals surface area contributed by atoms with Crippen molar-refractivity contribution in [1.82, 2.24) is 4.98 Å². The van der Waals surface area contributed by atoms with Crippen molar-refractivity contribution in [3.63, 3.8) is 0 Å². The second-order valence-electron chi connectivity index (χ2n) is 8.19. The normalized spacial score (nSPS) is 15.6. The molecule has 1 aromatic carbocycles. The van der Waals surface area contributed by atoms with Crippen LogP contribution in [0.3, 0.4) is 0 Å². The van der Waals surface area contributed by atoms with Gasteiger partial charge in [0.15, 0.2) is 0 Å². The molecule has 2 aromatic rings. The van der Waals surface area contributed by atoms with Gasteiger partial charge in [-0.25, -0.2) is 0 Å². The molecule has 1 aliphatic heterocycles. The average Bonchev–Trinajstić information content (AvgIpc) is 2.76. The lowest BCUT2D eigenvalue weighted by Crippen LogP contribution is -2.42. The lowest BCUT2D eigenvalue weighted by Gasteiger charge is -2.28. The van der Waals surface area contributed by atoms with Gasteiger partial charge in [-0.3, -0.25) is 14.6 Å². The van der Waals surface area contributed by atoms with Gasteiger partial charge in [0.2, 0.25) is 5.91 Å². The number of carbonyl (C=O) groups is 2. The molecule has 28 heavy (non-hydrogen) atoms. The van der Waals surface area contributed by atoms with Crippen LogP contribution in [0.4, 0.5) is 11.4 Å². The number of nitrogens with one attached hydrogen (secondary N) is 1. The van der Waals surface area contributed by atoms with E-state index in [9.17, 15) is 9.59 Å². The molecule has 0 bridgehead atoms. The Labute approximate surface area is 165 Å². The number of carbonyl (C=O) groups excluding carboxylic acids is 2. The van der Waals surface area contributed by atoms with Crippen molar-refractivity contribution in [2.24, 2.45) is 11.3 Å². The van der Waals surface area contributed by atoms with Gasteiger partial charge < -0.3 is 15.0 Å². The Morgan fingerprint density at radius 3 is 2.79 bits per heavy atom. The smallest absolute Gasteiger partial charge is 0.257 e. The highest BCUT2D eigenvalue weighted by Crippen LogP contribution is 2.38. The Kier molecular flexibility index (Phi) is 5.68. The van der Waals surface area contributed by atoms with Crippen molar-refractivity contribution in [1.29, 1.82) is 0 Å². The van der Waals surface area contributed by atoms with Crippen molar-refractivity contribution >= 4 is 23.2 Å². The largest absolute Gasteiger partial charge is 0.490 e. The predicted octanol–water partition coefficient (Wildman–Crippen LogP) is 4.13. The minimum Gasteiger partial charge on any atom is -0.490 e. The topological polar surface area (TPSA) is 71.5 Å². The fraction of sp³-hybridized carbons (Fsp3) is 0.409. The van der Waals surface area contributed by atoms with Gasteiger partial charge in [0.1, 0.15) is 12.4 Å². The molecule has 0 spiro atoms. The summed E-state index contributed by atoms with van der Waals surface area (Å²) in [6.45, 7) is 8.99. The standard InChI is InChI=1S/C22H27N3O3/c1-15(2)9-11-25-18-12-17(24-20(26)16-6-5-10-23-13-16)7-8-19(18)28-14-22(3,4)21(25)27/h5-8,10,12-13,15H,9,11,14H2,1-4H3,(H,24,26). The first-order valence-electron chi connectivity index (χ1n) is 9.58. The van der Waals surface area contributed by atoms with Crippen LogP contribution in [0.1, 0.15) is 44.5 Å². The third-order valence-electron chi connectivity index (χ3n) is 4.77. The molecule has 148 valence electrons. The van der Waals surface area contributed by atoms with E-state index in [4.69, 9.17) is 4.74 Å². The summed E-state index contributed by atoms with van der Waals surface area (Å²) in [5.74, 6) is 0.907. The van der Waals surface area contributed by atoms with Crippen molar-refractivity contribution in [3.8, 4) is 5.75 Å². The van der Waals surface area contributed by atoms with Gasteiger partial charge in [-0.05, 0) is 56.5 Å². The summed E-state index contributed by atoms with van der Waals surface area (Å²) in [6.07, 6.45) is 4.02. The lowest BCUT2D eigenvalue weighted by atomic mass is 9.92. The van der Waals surface area contributed by atoms with Crippen molar-refractivity contribution in [3.05, 3.63) is 48.3 Å². The van der Waals surface area contributed by atoms with E-state index in [1.165, 1.54) is 6.20 Å². The van der Waals surface area contributed by atoms with E-state index in [1.807, 2.05) is 26.0 Å². The van der Waals surface area contributed by atoms with Crippen LogP contribution in [-0.4, -0.2) is 29.9 Å². The molecule has 2 amide bonds. The molecule has 0 atom stereocenters. The van der Waals surface area contributed by atoms with Crippen molar-refractivity contribution in [2.45, 2.75) is 34.1 Å². The van der Waals surface area contributed by atoms with Crippen LogP contribution in [0.15, 0.2) is 42.7 Å². The number of ether oxygens (including phenoxy) is 1. The van der Waals surface area contributed by atoms with Gasteiger partial charge in [-0.1, -0.05) is 13.8 Å². The number of anilines is 2. The zero-order valence-electron chi connectivity index (χ0n) is 16.9. The van der Waals surface area contributed by atoms with E-state index >= 15 is 0 Å². The van der Waals surface area contributed by atoms with E-state index < -0.39 is 5.41 Å². The van der Waals surface area contributed by atoms with E-state index in [0.29, 0.717) is 41.8 Å². The van der Waals surface area contributed by atoms with Crippen LogP contribution in [0.2, 0.25) is 0 Å². The van der Waals surface area contributed by atoms with Gasteiger partial charge in [-0.2, -0.15) is 0 Å². The second kappa shape index (κ2) is 8.00. The molecular weight excluding hydrogens is 354 g/mol. The summed E-state index contributed by atoms with van der Waals surface area (Å²) < 4.78 is 5.93. The molecular formula is C22H27N3O3. The second-order valence-corrected chi connectivity index (χ2v) is 8.19. The highest BCUT2D eigenvalue weighted by Gasteiger charge is 2.37. The lowest BCUT2D eigenvalue weighted by molar-refractivity contribution is -0.127. The zero-order valence-corrected chi connectivity index (χ0v) is 16.9. The highest BCUT2D eigenvalue weighted by atomic mass is 16.5. The average molecular weight is 381 g/mol. The Bertz CT molecular complexity index is 863. The summed E-state index contributed by atoms with van der Waals surface area (Å²) in [5.41, 5.74) is 1.16. The quantitative estimate of drug-likeness (QED) is 0.845. The Morgan fingerprint density at radius 1 is 1.32 bits per heavy atom. The maximum absolute atomic E-state index is 13.1. The van der Waals surface area contributed by atoms with Gasteiger partial charge in [0, 0.05) is 24.6 Å². The maximum Gasteiger partial charge on any atom is 0.257 e. The third kappa shape index (κ3) is 4.32. The number of pyridine rings is 1. The number of nitrogens with zero attached hydrogens (tertiary/aromatic N) is 2. The Balaban J connectivity index is 1.91. The van der Waals surface area contributed by atoms with Crippen LogP contribution in [-0.2, 0) is 4.79 Å². The molecule has 0 saturated heterocycles. The molecule has 6 heteroatoms. The number of amides is 2. The van der Waals surface area contributed by atoms with E-state index in [-0.39, 0.29) is 11.8 Å². The van der Waals surface area contributed by atoms with E-state index in [0.717, 1.165) is 6.42 Å². The summed E-state index contributed by atoms with van der Waals surface area (Å²) in [6, 6.07) is 8.83. The maximum atomic E-state index is 13.1. The van der Waals surface area contributed by atoms with Crippen LogP contribution < -0.4 is 15.0 Å². The molecule has 0 fully saturated rings. The fourth-order valence-electron chi connectivity index (χ4n) is 3.03. The minimum atomic E-state index is -0.616. The SMILES string of the molecule is CC(C)CCN1C(=O)C(C)(C)COc2ccc(NC(=O)c3cccnc3)cc21. The summed E-state index contributed by atoms with van der Waals surface area (Å²) in [5, 5.41) is 2.88. The third-order valence-corrected chi connectivity index (χ3v) is 4.77. The summed E-state index contributed by atoms with van der Waals surface area (Å²) in [7, 11) is 0. The van der Waals surface area contributed by atoms with Crippen molar-refractivity contribution < 1.29 is 14.3 Å². The molecule has 0 saturated carbocycles. The van der Waals surface area contributed by atoms with E-state index in [2.05, 4.69) is 24.1 Å². The first kappa shape index (κ1) is 19.9. The number of rotatable bonds is 5. The van der Waals surface area contributed by atoms with Crippen LogP contribution in [0, 0.1) is 11.3 Å². The molecule has 0 aliphatic carbocycles. The summed E-state index contributed by atoms with van der Waals surface area (Å²) in [4.78, 5) is 31.4.